The van der Waals surface area contributed by atoms with Crippen LogP contribution in [0.25, 0.3) is 0 Å². The molecule has 0 aliphatic carbocycles. The summed E-state index contributed by atoms with van der Waals surface area (Å²) in [6.07, 6.45) is -9.53. The Morgan fingerprint density at radius 2 is 1.60 bits per heavy atom. The molecule has 162 valence electrons. The van der Waals surface area contributed by atoms with Crippen molar-refractivity contribution in [3.05, 3.63) is 65.0 Å². The van der Waals surface area contributed by atoms with E-state index in [4.69, 9.17) is 4.74 Å². The Kier molecular flexibility index (Phi) is 5.81. The number of rotatable bonds is 3. The lowest BCUT2D eigenvalue weighted by atomic mass is 9.73. The molecule has 30 heavy (non-hydrogen) atoms. The number of anilines is 1. The van der Waals surface area contributed by atoms with E-state index in [0.29, 0.717) is 12.1 Å². The SMILES string of the molecule is O=C(Nc1ccc(F)c(C(F)(F)F)c1)C1(c2cccc(C(F)(F)F)c2)CCOCC1. The first-order chi connectivity index (χ1) is 13.9. The minimum atomic E-state index is -4.97. The second kappa shape index (κ2) is 7.90. The van der Waals surface area contributed by atoms with Crippen LogP contribution >= 0.6 is 0 Å². The molecule has 0 radical (unpaired) electrons. The van der Waals surface area contributed by atoms with E-state index in [1.54, 1.807) is 0 Å². The van der Waals surface area contributed by atoms with Crippen LogP contribution in [0.15, 0.2) is 42.5 Å². The van der Waals surface area contributed by atoms with Crippen molar-refractivity contribution in [3.63, 3.8) is 0 Å². The minimum absolute atomic E-state index is 0.0352. The zero-order valence-electron chi connectivity index (χ0n) is 15.3. The summed E-state index contributed by atoms with van der Waals surface area (Å²) in [4.78, 5) is 13.1. The van der Waals surface area contributed by atoms with Crippen LogP contribution in [-0.4, -0.2) is 19.1 Å². The number of alkyl halides is 6. The Labute approximate surface area is 166 Å². The van der Waals surface area contributed by atoms with Crippen LogP contribution in [0.2, 0.25) is 0 Å². The molecule has 2 aromatic rings. The summed E-state index contributed by atoms with van der Waals surface area (Å²) >= 11 is 0. The van der Waals surface area contributed by atoms with Crippen molar-refractivity contribution in [1.82, 2.24) is 0 Å². The normalized spacial score (nSPS) is 16.9. The third-order valence-corrected chi connectivity index (χ3v) is 5.05. The molecule has 0 bridgehead atoms. The summed E-state index contributed by atoms with van der Waals surface area (Å²) in [5, 5.41) is 2.31. The van der Waals surface area contributed by atoms with E-state index in [2.05, 4.69) is 5.32 Å². The lowest BCUT2D eigenvalue weighted by Gasteiger charge is -2.36. The summed E-state index contributed by atoms with van der Waals surface area (Å²) in [5.74, 6) is -2.29. The van der Waals surface area contributed by atoms with E-state index >= 15 is 0 Å². The predicted octanol–water partition coefficient (Wildman–Crippen LogP) is 5.55. The molecule has 0 aromatic heterocycles. The molecule has 1 heterocycles. The number of carbonyl (C=O) groups is 1. The molecule has 0 spiro atoms. The van der Waals surface area contributed by atoms with Gasteiger partial charge < -0.3 is 10.1 Å². The summed E-state index contributed by atoms with van der Waals surface area (Å²) in [6, 6.07) is 6.24. The van der Waals surface area contributed by atoms with Crippen LogP contribution in [0.1, 0.15) is 29.5 Å². The van der Waals surface area contributed by atoms with Crippen LogP contribution in [0, 0.1) is 5.82 Å². The van der Waals surface area contributed by atoms with Crippen molar-refractivity contribution in [1.29, 1.82) is 0 Å². The smallest absolute Gasteiger partial charge is 0.381 e. The van der Waals surface area contributed by atoms with E-state index in [1.165, 1.54) is 12.1 Å². The van der Waals surface area contributed by atoms with Gasteiger partial charge >= 0.3 is 12.4 Å². The molecule has 3 rings (SSSR count). The Morgan fingerprint density at radius 3 is 2.20 bits per heavy atom. The van der Waals surface area contributed by atoms with Gasteiger partial charge in [0, 0.05) is 18.9 Å². The van der Waals surface area contributed by atoms with Gasteiger partial charge in [-0.25, -0.2) is 4.39 Å². The highest BCUT2D eigenvalue weighted by Gasteiger charge is 2.43. The number of benzene rings is 2. The maximum absolute atomic E-state index is 13.5. The predicted molar refractivity (Wildman–Crippen MR) is 93.2 cm³/mol. The lowest BCUT2D eigenvalue weighted by Crippen LogP contribution is -2.45. The number of halogens is 7. The van der Waals surface area contributed by atoms with Crippen LogP contribution in [0.3, 0.4) is 0 Å². The van der Waals surface area contributed by atoms with Gasteiger partial charge in [-0.15, -0.1) is 0 Å². The van der Waals surface area contributed by atoms with Crippen molar-refractivity contribution in [2.75, 3.05) is 18.5 Å². The number of amides is 1. The Morgan fingerprint density at radius 1 is 0.933 bits per heavy atom. The molecule has 1 fully saturated rings. The van der Waals surface area contributed by atoms with Gasteiger partial charge in [-0.1, -0.05) is 18.2 Å². The Hall–Kier alpha value is -2.62. The van der Waals surface area contributed by atoms with Crippen LogP contribution in [-0.2, 0) is 27.3 Å². The second-order valence-corrected chi connectivity index (χ2v) is 6.92. The fraction of sp³-hybridized carbons (Fsp3) is 0.350. The van der Waals surface area contributed by atoms with Crippen molar-refractivity contribution in [2.45, 2.75) is 30.6 Å². The van der Waals surface area contributed by atoms with Gasteiger partial charge in [0.05, 0.1) is 16.5 Å². The molecule has 1 saturated heterocycles. The molecule has 1 aliphatic heterocycles. The van der Waals surface area contributed by atoms with Gasteiger partial charge in [0.15, 0.2) is 0 Å². The van der Waals surface area contributed by atoms with E-state index in [-0.39, 0.29) is 37.3 Å². The van der Waals surface area contributed by atoms with E-state index < -0.39 is 40.6 Å². The average Bonchev–Trinajstić information content (AvgIpc) is 2.68. The molecule has 1 N–H and O–H groups in total. The van der Waals surface area contributed by atoms with Gasteiger partial charge in [0.1, 0.15) is 5.82 Å². The molecule has 10 heteroatoms. The topological polar surface area (TPSA) is 38.3 Å². The first kappa shape index (κ1) is 22.1. The van der Waals surface area contributed by atoms with Gasteiger partial charge in [-0.2, -0.15) is 26.3 Å². The maximum atomic E-state index is 13.5. The number of carbonyl (C=O) groups excluding carboxylic acids is 1. The standard InChI is InChI=1S/C20H16F7NO2/c21-16-5-4-14(11-15(16)20(25,26)27)28-17(29)18(6-8-30-9-7-18)12-2-1-3-13(10-12)19(22,23)24/h1-5,10-11H,6-9H2,(H,28,29). The molecular weight excluding hydrogens is 419 g/mol. The molecule has 1 aliphatic rings. The van der Waals surface area contributed by atoms with Crippen LogP contribution in [0.5, 0.6) is 0 Å². The third-order valence-electron chi connectivity index (χ3n) is 5.05. The van der Waals surface area contributed by atoms with Gasteiger partial charge in [0.2, 0.25) is 5.91 Å². The van der Waals surface area contributed by atoms with Crippen molar-refractivity contribution in [2.24, 2.45) is 0 Å². The second-order valence-electron chi connectivity index (χ2n) is 6.92. The summed E-state index contributed by atoms with van der Waals surface area (Å²) in [5.41, 5.74) is -4.17. The quantitative estimate of drug-likeness (QED) is 0.642. The first-order valence-corrected chi connectivity index (χ1v) is 8.87. The van der Waals surface area contributed by atoms with E-state index in [1.807, 2.05) is 0 Å². The van der Waals surface area contributed by atoms with Gasteiger partial charge in [-0.3, -0.25) is 4.79 Å². The number of hydrogen-bond donors (Lipinski definition) is 1. The Balaban J connectivity index is 1.98. The fourth-order valence-corrected chi connectivity index (χ4v) is 3.43. The number of nitrogens with one attached hydrogen (secondary N) is 1. The average molecular weight is 435 g/mol. The molecule has 3 nitrogen and oxygen atoms in total. The van der Waals surface area contributed by atoms with Crippen molar-refractivity contribution in [3.8, 4) is 0 Å². The van der Waals surface area contributed by atoms with Gasteiger partial charge in [0.25, 0.3) is 0 Å². The van der Waals surface area contributed by atoms with E-state index in [9.17, 15) is 35.5 Å². The van der Waals surface area contributed by atoms with Gasteiger partial charge in [-0.05, 0) is 42.7 Å². The molecule has 0 saturated carbocycles. The highest BCUT2D eigenvalue weighted by atomic mass is 19.4. The summed E-state index contributed by atoms with van der Waals surface area (Å²) in [6.45, 7) is 0.168. The highest BCUT2D eigenvalue weighted by Crippen LogP contribution is 2.40. The molecule has 0 unspecified atom stereocenters. The molecule has 1 amide bonds. The third kappa shape index (κ3) is 4.43. The van der Waals surface area contributed by atoms with E-state index in [0.717, 1.165) is 18.2 Å². The number of hydrogen-bond acceptors (Lipinski definition) is 2. The highest BCUT2D eigenvalue weighted by molar-refractivity contribution is 5.99. The van der Waals surface area contributed by atoms with Crippen molar-refractivity contribution >= 4 is 11.6 Å². The zero-order valence-corrected chi connectivity index (χ0v) is 15.3. The summed E-state index contributed by atoms with van der Waals surface area (Å²) < 4.78 is 96.9. The largest absolute Gasteiger partial charge is 0.419 e. The van der Waals surface area contributed by atoms with Crippen molar-refractivity contribution < 1.29 is 40.3 Å². The minimum Gasteiger partial charge on any atom is -0.381 e. The first-order valence-electron chi connectivity index (χ1n) is 8.87. The van der Waals surface area contributed by atoms with Crippen LogP contribution in [0.4, 0.5) is 36.4 Å². The molecular formula is C20H16F7NO2. The fourth-order valence-electron chi connectivity index (χ4n) is 3.43. The molecule has 2 aromatic carbocycles. The summed E-state index contributed by atoms with van der Waals surface area (Å²) in [7, 11) is 0. The zero-order chi connectivity index (χ0) is 22.2. The molecule has 0 atom stereocenters. The lowest BCUT2D eigenvalue weighted by molar-refractivity contribution is -0.140. The monoisotopic (exact) mass is 435 g/mol. The maximum Gasteiger partial charge on any atom is 0.419 e. The number of ether oxygens (including phenoxy) is 1. The van der Waals surface area contributed by atoms with Crippen LogP contribution < -0.4 is 5.32 Å². The Bertz CT molecular complexity index is 931.